The van der Waals surface area contributed by atoms with Gasteiger partial charge < -0.3 is 10.7 Å². The van der Waals surface area contributed by atoms with Crippen LogP contribution in [-0.2, 0) is 12.8 Å². The van der Waals surface area contributed by atoms with Gasteiger partial charge in [0.25, 0.3) is 5.56 Å². The van der Waals surface area contributed by atoms with Gasteiger partial charge >= 0.3 is 0 Å². The van der Waals surface area contributed by atoms with Crippen LogP contribution in [0.3, 0.4) is 0 Å². The molecule has 0 spiro atoms. The summed E-state index contributed by atoms with van der Waals surface area (Å²) in [7, 11) is 0. The first-order valence-corrected chi connectivity index (χ1v) is 7.00. The van der Waals surface area contributed by atoms with Gasteiger partial charge in [-0.3, -0.25) is 4.79 Å². The van der Waals surface area contributed by atoms with E-state index in [1.54, 1.807) is 0 Å². The topological polar surface area (TPSA) is 58.9 Å². The summed E-state index contributed by atoms with van der Waals surface area (Å²) < 4.78 is 0. The Bertz CT molecular complexity index is 699. The van der Waals surface area contributed by atoms with Gasteiger partial charge in [-0.1, -0.05) is 25.1 Å². The maximum absolute atomic E-state index is 11.9. The van der Waals surface area contributed by atoms with E-state index in [1.807, 2.05) is 6.92 Å². The SMILES string of the molecule is CCc1c(C)[nH]c(=O)c(N)c1Cc1cccc(C)c1C. The van der Waals surface area contributed by atoms with Crippen LogP contribution < -0.4 is 11.3 Å². The molecule has 1 heterocycles. The highest BCUT2D eigenvalue weighted by molar-refractivity contribution is 5.53. The van der Waals surface area contributed by atoms with Crippen molar-refractivity contribution in [3.05, 3.63) is 62.1 Å². The molecule has 0 aliphatic rings. The molecule has 3 N–H and O–H groups in total. The van der Waals surface area contributed by atoms with Crippen molar-refractivity contribution in [1.82, 2.24) is 4.98 Å². The molecular formula is C17H22N2O. The van der Waals surface area contributed by atoms with Gasteiger partial charge in [-0.25, -0.2) is 0 Å². The Kier molecular flexibility index (Phi) is 3.98. The number of hydrogen-bond donors (Lipinski definition) is 2. The van der Waals surface area contributed by atoms with Crippen molar-refractivity contribution < 1.29 is 0 Å². The molecule has 0 fully saturated rings. The number of anilines is 1. The summed E-state index contributed by atoms with van der Waals surface area (Å²) >= 11 is 0. The molecule has 0 saturated heterocycles. The Hall–Kier alpha value is -2.03. The van der Waals surface area contributed by atoms with Crippen LogP contribution in [0.1, 0.15) is 40.4 Å². The normalized spacial score (nSPS) is 10.8. The van der Waals surface area contributed by atoms with Crippen LogP contribution in [0.15, 0.2) is 23.0 Å². The molecule has 3 nitrogen and oxygen atoms in total. The zero-order chi connectivity index (χ0) is 14.9. The Morgan fingerprint density at radius 2 is 1.85 bits per heavy atom. The molecule has 0 unspecified atom stereocenters. The van der Waals surface area contributed by atoms with Gasteiger partial charge in [0.05, 0.1) is 0 Å². The lowest BCUT2D eigenvalue weighted by molar-refractivity contribution is 0.975. The third kappa shape index (κ3) is 2.48. The molecule has 1 aromatic heterocycles. The summed E-state index contributed by atoms with van der Waals surface area (Å²) in [6, 6.07) is 6.27. The fourth-order valence-electron chi connectivity index (χ4n) is 2.71. The average Bonchev–Trinajstić information content (AvgIpc) is 2.41. The molecule has 0 aliphatic heterocycles. The monoisotopic (exact) mass is 270 g/mol. The number of nitrogen functional groups attached to an aromatic ring is 1. The van der Waals surface area contributed by atoms with Crippen molar-refractivity contribution in [3.8, 4) is 0 Å². The lowest BCUT2D eigenvalue weighted by Crippen LogP contribution is -2.19. The standard InChI is InChI=1S/C17H22N2O/c1-5-14-12(4)19-17(20)16(18)15(14)9-13-8-6-7-10(2)11(13)3/h6-8H,5,9,18H2,1-4H3,(H,19,20). The summed E-state index contributed by atoms with van der Waals surface area (Å²) in [4.78, 5) is 14.7. The van der Waals surface area contributed by atoms with Crippen LogP contribution in [0, 0.1) is 20.8 Å². The second-order valence-electron chi connectivity index (χ2n) is 5.34. The number of aromatic amines is 1. The molecule has 3 heteroatoms. The van der Waals surface area contributed by atoms with E-state index in [1.165, 1.54) is 16.7 Å². The molecule has 1 aromatic carbocycles. The van der Waals surface area contributed by atoms with Crippen LogP contribution in [0.4, 0.5) is 5.69 Å². The predicted octanol–water partition coefficient (Wildman–Crippen LogP) is 3.04. The number of aromatic nitrogens is 1. The average molecular weight is 270 g/mol. The van der Waals surface area contributed by atoms with Crippen LogP contribution in [-0.4, -0.2) is 4.98 Å². The van der Waals surface area contributed by atoms with E-state index in [0.29, 0.717) is 12.1 Å². The van der Waals surface area contributed by atoms with E-state index in [4.69, 9.17) is 5.73 Å². The summed E-state index contributed by atoms with van der Waals surface area (Å²) in [6.45, 7) is 8.25. The van der Waals surface area contributed by atoms with Crippen molar-refractivity contribution >= 4 is 5.69 Å². The zero-order valence-corrected chi connectivity index (χ0v) is 12.6. The molecule has 0 saturated carbocycles. The third-order valence-electron chi connectivity index (χ3n) is 4.13. The van der Waals surface area contributed by atoms with E-state index in [-0.39, 0.29) is 5.56 Å². The minimum absolute atomic E-state index is 0.181. The Labute approximate surface area is 119 Å². The van der Waals surface area contributed by atoms with Crippen LogP contribution in [0.5, 0.6) is 0 Å². The minimum Gasteiger partial charge on any atom is -0.394 e. The molecule has 0 amide bonds. The van der Waals surface area contributed by atoms with Gasteiger partial charge in [-0.2, -0.15) is 0 Å². The molecule has 0 atom stereocenters. The lowest BCUT2D eigenvalue weighted by Gasteiger charge is -2.15. The van der Waals surface area contributed by atoms with Crippen molar-refractivity contribution in [2.45, 2.75) is 40.5 Å². The first-order valence-electron chi connectivity index (χ1n) is 7.00. The Morgan fingerprint density at radius 1 is 1.15 bits per heavy atom. The number of aryl methyl sites for hydroxylation is 2. The highest BCUT2D eigenvalue weighted by Gasteiger charge is 2.14. The number of nitrogens with two attached hydrogens (primary N) is 1. The summed E-state index contributed by atoms with van der Waals surface area (Å²) in [5.41, 5.74) is 13.0. The first-order chi connectivity index (χ1) is 9.45. The van der Waals surface area contributed by atoms with Gasteiger partial charge in [0.15, 0.2) is 0 Å². The molecule has 0 bridgehead atoms. The third-order valence-corrected chi connectivity index (χ3v) is 4.13. The molecule has 0 radical (unpaired) electrons. The Balaban J connectivity index is 2.59. The van der Waals surface area contributed by atoms with Gasteiger partial charge in [-0.15, -0.1) is 0 Å². The quantitative estimate of drug-likeness (QED) is 0.900. The highest BCUT2D eigenvalue weighted by atomic mass is 16.1. The maximum Gasteiger partial charge on any atom is 0.271 e. The van der Waals surface area contributed by atoms with Crippen LogP contribution in [0.25, 0.3) is 0 Å². The summed E-state index contributed by atoms with van der Waals surface area (Å²) in [6.07, 6.45) is 1.58. The second-order valence-corrected chi connectivity index (χ2v) is 5.34. The summed E-state index contributed by atoms with van der Waals surface area (Å²) in [5.74, 6) is 0. The predicted molar refractivity (Wildman–Crippen MR) is 84.3 cm³/mol. The first kappa shape index (κ1) is 14.4. The summed E-state index contributed by atoms with van der Waals surface area (Å²) in [5, 5.41) is 0. The smallest absolute Gasteiger partial charge is 0.271 e. The number of nitrogens with one attached hydrogen (secondary N) is 1. The van der Waals surface area contributed by atoms with E-state index in [9.17, 15) is 4.79 Å². The number of benzene rings is 1. The number of hydrogen-bond acceptors (Lipinski definition) is 2. The fourth-order valence-corrected chi connectivity index (χ4v) is 2.71. The van der Waals surface area contributed by atoms with Gasteiger partial charge in [0.1, 0.15) is 5.69 Å². The number of H-pyrrole nitrogens is 1. The number of pyridine rings is 1. The van der Waals surface area contributed by atoms with E-state index in [2.05, 4.69) is 44.0 Å². The van der Waals surface area contributed by atoms with Crippen molar-refractivity contribution in [3.63, 3.8) is 0 Å². The van der Waals surface area contributed by atoms with Gasteiger partial charge in [-0.05, 0) is 55.0 Å². The highest BCUT2D eigenvalue weighted by Crippen LogP contribution is 2.23. The minimum atomic E-state index is -0.181. The Morgan fingerprint density at radius 3 is 2.50 bits per heavy atom. The van der Waals surface area contributed by atoms with E-state index in [0.717, 1.165) is 23.2 Å². The van der Waals surface area contributed by atoms with Gasteiger partial charge in [0, 0.05) is 12.1 Å². The molecule has 106 valence electrons. The molecule has 20 heavy (non-hydrogen) atoms. The van der Waals surface area contributed by atoms with Crippen LogP contribution >= 0.6 is 0 Å². The van der Waals surface area contributed by atoms with Crippen molar-refractivity contribution in [2.24, 2.45) is 0 Å². The van der Waals surface area contributed by atoms with Crippen molar-refractivity contribution in [2.75, 3.05) is 5.73 Å². The lowest BCUT2D eigenvalue weighted by atomic mass is 9.93. The molecule has 2 aromatic rings. The number of rotatable bonds is 3. The van der Waals surface area contributed by atoms with Crippen LogP contribution in [0.2, 0.25) is 0 Å². The van der Waals surface area contributed by atoms with E-state index < -0.39 is 0 Å². The maximum atomic E-state index is 11.9. The van der Waals surface area contributed by atoms with Crippen molar-refractivity contribution in [1.29, 1.82) is 0 Å². The van der Waals surface area contributed by atoms with E-state index >= 15 is 0 Å². The molecule has 2 rings (SSSR count). The van der Waals surface area contributed by atoms with Gasteiger partial charge in [0.2, 0.25) is 0 Å². The molecule has 0 aliphatic carbocycles. The second kappa shape index (κ2) is 5.53. The fraction of sp³-hybridized carbons (Fsp3) is 0.353. The largest absolute Gasteiger partial charge is 0.394 e. The molecular weight excluding hydrogens is 248 g/mol. The zero-order valence-electron chi connectivity index (χ0n) is 12.6.